The van der Waals surface area contributed by atoms with E-state index in [1.807, 2.05) is 11.8 Å². The predicted molar refractivity (Wildman–Crippen MR) is 85.8 cm³/mol. The third kappa shape index (κ3) is 3.48. The number of amides is 1. The minimum atomic E-state index is -3.15. The van der Waals surface area contributed by atoms with Crippen molar-refractivity contribution in [3.63, 3.8) is 0 Å². The number of hydrogen-bond acceptors (Lipinski definition) is 3. The lowest BCUT2D eigenvalue weighted by atomic mass is 9.87. The number of nitrogens with one attached hydrogen (secondary N) is 1. The fourth-order valence-electron chi connectivity index (χ4n) is 4.58. The van der Waals surface area contributed by atoms with E-state index in [1.54, 1.807) is 0 Å². The first-order valence-corrected chi connectivity index (χ1v) is 10.4. The molecule has 0 aromatic carbocycles. The van der Waals surface area contributed by atoms with E-state index < -0.39 is 10.0 Å². The minimum Gasteiger partial charge on any atom is -0.342 e. The Bertz CT molecular complexity index is 511. The second kappa shape index (κ2) is 6.48. The van der Waals surface area contributed by atoms with Crippen LogP contribution in [0.25, 0.3) is 0 Å². The van der Waals surface area contributed by atoms with Gasteiger partial charge in [-0.25, -0.2) is 13.1 Å². The van der Waals surface area contributed by atoms with Crippen molar-refractivity contribution in [2.45, 2.75) is 57.9 Å². The Labute approximate surface area is 133 Å². The van der Waals surface area contributed by atoms with Gasteiger partial charge in [-0.15, -0.1) is 0 Å². The number of sulfonamides is 1. The van der Waals surface area contributed by atoms with Gasteiger partial charge >= 0.3 is 0 Å². The van der Waals surface area contributed by atoms with Crippen LogP contribution in [0.5, 0.6) is 0 Å². The largest absolute Gasteiger partial charge is 0.342 e. The van der Waals surface area contributed by atoms with Crippen molar-refractivity contribution in [3.8, 4) is 0 Å². The molecule has 126 valence electrons. The quantitative estimate of drug-likeness (QED) is 0.836. The summed E-state index contributed by atoms with van der Waals surface area (Å²) >= 11 is 0. The van der Waals surface area contributed by atoms with Crippen LogP contribution in [0.15, 0.2) is 0 Å². The van der Waals surface area contributed by atoms with Crippen LogP contribution >= 0.6 is 0 Å². The Balaban J connectivity index is 1.48. The number of rotatable bonds is 5. The van der Waals surface area contributed by atoms with E-state index >= 15 is 0 Å². The Hall–Kier alpha value is -0.620. The number of carbonyl (C=O) groups is 1. The summed E-state index contributed by atoms with van der Waals surface area (Å²) in [6, 6.07) is 0.000583. The molecule has 3 fully saturated rings. The molecule has 1 amide bonds. The Morgan fingerprint density at radius 1 is 1.14 bits per heavy atom. The molecule has 3 aliphatic rings. The summed E-state index contributed by atoms with van der Waals surface area (Å²) in [7, 11) is -3.15. The zero-order valence-corrected chi connectivity index (χ0v) is 14.3. The lowest BCUT2D eigenvalue weighted by Crippen LogP contribution is -2.48. The number of hydrogen-bond donors (Lipinski definition) is 1. The standard InChI is InChI=1S/C16H28N2O3S/c1-2-9-22(20,21)17-14-5-7-18(8-6-14)16(19)15-11-12-3-4-13(15)10-12/h12-15,17H,2-11H2,1H3/t12-,13-,15-/m0/s1. The average Bonchev–Trinajstić information content (AvgIpc) is 3.09. The van der Waals surface area contributed by atoms with Crippen LogP contribution in [0.3, 0.4) is 0 Å². The molecule has 1 heterocycles. The molecule has 3 atom stereocenters. The van der Waals surface area contributed by atoms with Crippen LogP contribution < -0.4 is 4.72 Å². The number of piperidine rings is 1. The van der Waals surface area contributed by atoms with Crippen molar-refractivity contribution < 1.29 is 13.2 Å². The summed E-state index contributed by atoms with van der Waals surface area (Å²) in [6.07, 6.45) is 7.02. The molecule has 0 radical (unpaired) electrons. The first-order valence-electron chi connectivity index (χ1n) is 8.77. The molecule has 1 aliphatic heterocycles. The van der Waals surface area contributed by atoms with E-state index in [-0.39, 0.29) is 17.7 Å². The molecular formula is C16H28N2O3S. The van der Waals surface area contributed by atoms with Crippen LogP contribution in [-0.4, -0.2) is 44.1 Å². The molecule has 2 saturated carbocycles. The van der Waals surface area contributed by atoms with Crippen LogP contribution in [0.1, 0.15) is 51.9 Å². The second-order valence-electron chi connectivity index (χ2n) is 7.32. The third-order valence-corrected chi connectivity index (χ3v) is 7.32. The maximum atomic E-state index is 12.7. The van der Waals surface area contributed by atoms with E-state index in [4.69, 9.17) is 0 Å². The van der Waals surface area contributed by atoms with Gasteiger partial charge in [0.05, 0.1) is 5.75 Å². The average molecular weight is 328 g/mol. The lowest BCUT2D eigenvalue weighted by Gasteiger charge is -2.35. The molecule has 5 nitrogen and oxygen atoms in total. The SMILES string of the molecule is CCCS(=O)(=O)NC1CCN(C(=O)[C@H]2C[C@H]3CC[C@H]2C3)CC1. The number of nitrogens with zero attached hydrogens (tertiary/aromatic N) is 1. The van der Waals surface area contributed by atoms with E-state index in [0.717, 1.165) is 25.2 Å². The van der Waals surface area contributed by atoms with Crippen LogP contribution in [0.4, 0.5) is 0 Å². The van der Waals surface area contributed by atoms with Gasteiger partial charge in [-0.05, 0) is 50.4 Å². The van der Waals surface area contributed by atoms with Crippen LogP contribution in [-0.2, 0) is 14.8 Å². The van der Waals surface area contributed by atoms with Gasteiger partial charge in [-0.2, -0.15) is 0 Å². The Morgan fingerprint density at radius 3 is 2.41 bits per heavy atom. The van der Waals surface area contributed by atoms with Gasteiger partial charge in [-0.1, -0.05) is 13.3 Å². The number of likely N-dealkylation sites (tertiary alicyclic amines) is 1. The van der Waals surface area contributed by atoms with E-state index in [9.17, 15) is 13.2 Å². The third-order valence-electron chi connectivity index (χ3n) is 5.68. The van der Waals surface area contributed by atoms with E-state index in [0.29, 0.717) is 31.3 Å². The Morgan fingerprint density at radius 2 is 1.86 bits per heavy atom. The fourth-order valence-corrected chi connectivity index (χ4v) is 5.98. The molecule has 2 aliphatic carbocycles. The molecule has 0 aromatic rings. The summed E-state index contributed by atoms with van der Waals surface area (Å²) in [5.74, 6) is 2.20. The molecular weight excluding hydrogens is 300 g/mol. The highest BCUT2D eigenvalue weighted by atomic mass is 32.2. The highest BCUT2D eigenvalue weighted by molar-refractivity contribution is 7.89. The zero-order valence-electron chi connectivity index (χ0n) is 13.5. The molecule has 2 bridgehead atoms. The van der Waals surface area contributed by atoms with Crippen molar-refractivity contribution in [2.75, 3.05) is 18.8 Å². The Kier molecular flexibility index (Phi) is 4.78. The normalized spacial score (nSPS) is 32.6. The van der Waals surface area contributed by atoms with Gasteiger partial charge < -0.3 is 4.90 Å². The molecule has 0 unspecified atom stereocenters. The van der Waals surface area contributed by atoms with Crippen LogP contribution in [0.2, 0.25) is 0 Å². The smallest absolute Gasteiger partial charge is 0.225 e. The van der Waals surface area contributed by atoms with Crippen LogP contribution in [0, 0.1) is 17.8 Å². The number of carbonyl (C=O) groups excluding carboxylic acids is 1. The maximum absolute atomic E-state index is 12.7. The summed E-state index contributed by atoms with van der Waals surface area (Å²) in [6.45, 7) is 3.27. The summed E-state index contributed by atoms with van der Waals surface area (Å²) in [5, 5.41) is 0. The minimum absolute atomic E-state index is 0.000583. The van der Waals surface area contributed by atoms with Gasteiger partial charge in [0, 0.05) is 25.0 Å². The monoisotopic (exact) mass is 328 g/mol. The highest BCUT2D eigenvalue weighted by Gasteiger charge is 2.44. The van der Waals surface area contributed by atoms with Crippen molar-refractivity contribution in [3.05, 3.63) is 0 Å². The van der Waals surface area contributed by atoms with Gasteiger partial charge in [0.15, 0.2) is 0 Å². The summed E-state index contributed by atoms with van der Waals surface area (Å²) in [4.78, 5) is 14.7. The van der Waals surface area contributed by atoms with Gasteiger partial charge in [-0.3, -0.25) is 4.79 Å². The van der Waals surface area contributed by atoms with Crippen molar-refractivity contribution >= 4 is 15.9 Å². The lowest BCUT2D eigenvalue weighted by molar-refractivity contribution is -0.138. The summed E-state index contributed by atoms with van der Waals surface area (Å²) < 4.78 is 26.4. The molecule has 1 saturated heterocycles. The van der Waals surface area contributed by atoms with Gasteiger partial charge in [0.1, 0.15) is 0 Å². The first kappa shape index (κ1) is 16.2. The topological polar surface area (TPSA) is 66.5 Å². The molecule has 3 rings (SSSR count). The van der Waals surface area contributed by atoms with Crippen molar-refractivity contribution in [2.24, 2.45) is 17.8 Å². The van der Waals surface area contributed by atoms with Crippen molar-refractivity contribution in [1.82, 2.24) is 9.62 Å². The van der Waals surface area contributed by atoms with E-state index in [2.05, 4.69) is 4.72 Å². The zero-order chi connectivity index (χ0) is 15.7. The molecule has 0 spiro atoms. The van der Waals surface area contributed by atoms with Gasteiger partial charge in [0.25, 0.3) is 0 Å². The molecule has 1 N–H and O–H groups in total. The molecule has 6 heteroatoms. The summed E-state index contributed by atoms with van der Waals surface area (Å²) in [5.41, 5.74) is 0. The molecule has 0 aromatic heterocycles. The molecule has 22 heavy (non-hydrogen) atoms. The fraction of sp³-hybridized carbons (Fsp3) is 0.938. The van der Waals surface area contributed by atoms with Gasteiger partial charge in [0.2, 0.25) is 15.9 Å². The van der Waals surface area contributed by atoms with Crippen molar-refractivity contribution in [1.29, 1.82) is 0 Å². The maximum Gasteiger partial charge on any atom is 0.225 e. The highest BCUT2D eigenvalue weighted by Crippen LogP contribution is 2.49. The number of fused-ring (bicyclic) bond motifs is 2. The first-order chi connectivity index (χ1) is 10.5. The van der Waals surface area contributed by atoms with E-state index in [1.165, 1.54) is 19.3 Å². The predicted octanol–water partition coefficient (Wildman–Crippen LogP) is 1.74. The second-order valence-corrected chi connectivity index (χ2v) is 9.19.